The molecule has 0 aliphatic carbocycles. The van der Waals surface area contributed by atoms with Gasteiger partial charge in [-0.05, 0) is 6.42 Å². The standard InChI is InChI=1S/C9H12N4O/c1-2-3-4-5-10-9(14)8-13-7-6-11-12-13/h1,6-7H,3-5,8H2,(H,10,14). The number of unbranched alkanes of at least 4 members (excludes halogenated alkanes) is 1. The molecular formula is C9H12N4O. The average molecular weight is 192 g/mol. The second-order valence-corrected chi connectivity index (χ2v) is 2.76. The largest absolute Gasteiger partial charge is 0.354 e. The van der Waals surface area contributed by atoms with Crippen LogP contribution in [0.15, 0.2) is 12.4 Å². The number of nitrogens with one attached hydrogen (secondary N) is 1. The highest BCUT2D eigenvalue weighted by molar-refractivity contribution is 5.75. The number of carbonyl (C=O) groups is 1. The van der Waals surface area contributed by atoms with E-state index in [2.05, 4.69) is 21.5 Å². The zero-order valence-corrected chi connectivity index (χ0v) is 7.81. The van der Waals surface area contributed by atoms with Crippen molar-refractivity contribution in [1.82, 2.24) is 20.3 Å². The van der Waals surface area contributed by atoms with Crippen molar-refractivity contribution in [3.8, 4) is 12.3 Å². The Bertz CT molecular complexity index is 312. The Balaban J connectivity index is 2.14. The number of carbonyl (C=O) groups excluding carboxylic acids is 1. The summed E-state index contributed by atoms with van der Waals surface area (Å²) >= 11 is 0. The first kappa shape index (κ1) is 10.3. The molecule has 5 nitrogen and oxygen atoms in total. The van der Waals surface area contributed by atoms with E-state index in [0.29, 0.717) is 13.0 Å². The van der Waals surface area contributed by atoms with Crippen LogP contribution in [-0.4, -0.2) is 27.4 Å². The molecule has 0 atom stereocenters. The molecule has 0 aliphatic rings. The number of hydrogen-bond donors (Lipinski definition) is 1. The van der Waals surface area contributed by atoms with Gasteiger partial charge in [0.2, 0.25) is 5.91 Å². The van der Waals surface area contributed by atoms with E-state index in [9.17, 15) is 4.79 Å². The molecule has 0 unspecified atom stereocenters. The van der Waals surface area contributed by atoms with Gasteiger partial charge in [-0.2, -0.15) is 0 Å². The van der Waals surface area contributed by atoms with Crippen molar-refractivity contribution in [2.45, 2.75) is 19.4 Å². The molecule has 0 bridgehead atoms. The second kappa shape index (κ2) is 5.75. The van der Waals surface area contributed by atoms with E-state index < -0.39 is 0 Å². The topological polar surface area (TPSA) is 59.8 Å². The molecule has 74 valence electrons. The maximum absolute atomic E-state index is 11.2. The van der Waals surface area contributed by atoms with Gasteiger partial charge in [0.25, 0.3) is 0 Å². The summed E-state index contributed by atoms with van der Waals surface area (Å²) in [5.41, 5.74) is 0. The molecule has 0 fully saturated rings. The van der Waals surface area contributed by atoms with Crippen LogP contribution in [-0.2, 0) is 11.3 Å². The molecule has 1 N–H and O–H groups in total. The summed E-state index contributed by atoms with van der Waals surface area (Å²) < 4.78 is 1.47. The van der Waals surface area contributed by atoms with Gasteiger partial charge in [0.1, 0.15) is 6.54 Å². The molecule has 1 aromatic heterocycles. The maximum Gasteiger partial charge on any atom is 0.241 e. The molecule has 0 saturated heterocycles. The minimum Gasteiger partial charge on any atom is -0.354 e. The SMILES string of the molecule is C#CCCCNC(=O)Cn1ccnn1. The second-order valence-electron chi connectivity index (χ2n) is 2.76. The Morgan fingerprint density at radius 2 is 2.50 bits per heavy atom. The van der Waals surface area contributed by atoms with E-state index in [4.69, 9.17) is 6.42 Å². The number of hydrogen-bond acceptors (Lipinski definition) is 3. The van der Waals surface area contributed by atoms with E-state index >= 15 is 0 Å². The predicted octanol–water partition coefficient (Wildman–Crippen LogP) is -0.192. The third kappa shape index (κ3) is 3.72. The highest BCUT2D eigenvalue weighted by Gasteiger charge is 2.01. The van der Waals surface area contributed by atoms with Gasteiger partial charge in [-0.15, -0.1) is 17.4 Å². The van der Waals surface area contributed by atoms with Crippen LogP contribution in [0.2, 0.25) is 0 Å². The van der Waals surface area contributed by atoms with Gasteiger partial charge in [0.05, 0.1) is 6.20 Å². The van der Waals surface area contributed by atoms with Gasteiger partial charge in [0.15, 0.2) is 0 Å². The molecule has 0 spiro atoms. The van der Waals surface area contributed by atoms with Crippen LogP contribution in [0.4, 0.5) is 0 Å². The van der Waals surface area contributed by atoms with Gasteiger partial charge in [-0.3, -0.25) is 4.79 Å². The fourth-order valence-corrected chi connectivity index (χ4v) is 0.938. The van der Waals surface area contributed by atoms with Crippen molar-refractivity contribution >= 4 is 5.91 Å². The van der Waals surface area contributed by atoms with Crippen molar-refractivity contribution < 1.29 is 4.79 Å². The summed E-state index contributed by atoms with van der Waals surface area (Å²) in [6, 6.07) is 0. The normalized spacial score (nSPS) is 9.36. The number of terminal acetylenes is 1. The molecule has 1 heterocycles. The fraction of sp³-hybridized carbons (Fsp3) is 0.444. The van der Waals surface area contributed by atoms with Crippen LogP contribution < -0.4 is 5.32 Å². The maximum atomic E-state index is 11.2. The van der Waals surface area contributed by atoms with Gasteiger partial charge in [-0.25, -0.2) is 4.68 Å². The third-order valence-corrected chi connectivity index (χ3v) is 1.60. The number of amides is 1. The Morgan fingerprint density at radius 1 is 1.64 bits per heavy atom. The Kier molecular flexibility index (Phi) is 4.21. The van der Waals surface area contributed by atoms with E-state index in [1.807, 2.05) is 0 Å². The quantitative estimate of drug-likeness (QED) is 0.519. The molecule has 1 rings (SSSR count). The van der Waals surface area contributed by atoms with Gasteiger partial charge < -0.3 is 5.32 Å². The molecular weight excluding hydrogens is 180 g/mol. The summed E-state index contributed by atoms with van der Waals surface area (Å²) in [5, 5.41) is 10.00. The molecule has 1 aromatic rings. The number of aromatic nitrogens is 3. The lowest BCUT2D eigenvalue weighted by molar-refractivity contribution is -0.121. The first-order chi connectivity index (χ1) is 6.83. The van der Waals surface area contributed by atoms with Gasteiger partial charge in [-0.1, -0.05) is 5.21 Å². The fourth-order valence-electron chi connectivity index (χ4n) is 0.938. The van der Waals surface area contributed by atoms with Gasteiger partial charge in [0, 0.05) is 19.2 Å². The highest BCUT2D eigenvalue weighted by atomic mass is 16.2. The molecule has 0 saturated carbocycles. The molecule has 1 amide bonds. The Hall–Kier alpha value is -1.83. The van der Waals surface area contributed by atoms with Crippen molar-refractivity contribution in [3.05, 3.63) is 12.4 Å². The molecule has 0 aliphatic heterocycles. The number of nitrogens with zero attached hydrogens (tertiary/aromatic N) is 3. The van der Waals surface area contributed by atoms with E-state index in [1.165, 1.54) is 10.9 Å². The van der Waals surface area contributed by atoms with Crippen LogP contribution in [0.3, 0.4) is 0 Å². The lowest BCUT2D eigenvalue weighted by Crippen LogP contribution is -2.28. The third-order valence-electron chi connectivity index (χ3n) is 1.60. The lowest BCUT2D eigenvalue weighted by atomic mass is 10.3. The smallest absolute Gasteiger partial charge is 0.241 e. The van der Waals surface area contributed by atoms with Crippen molar-refractivity contribution in [1.29, 1.82) is 0 Å². The summed E-state index contributed by atoms with van der Waals surface area (Å²) in [6.07, 6.45) is 9.73. The zero-order chi connectivity index (χ0) is 10.2. The predicted molar refractivity (Wildman–Crippen MR) is 51.1 cm³/mol. The summed E-state index contributed by atoms with van der Waals surface area (Å²) in [5.74, 6) is 2.43. The minimum absolute atomic E-state index is 0.0764. The minimum atomic E-state index is -0.0764. The molecule has 5 heteroatoms. The molecule has 0 aromatic carbocycles. The van der Waals surface area contributed by atoms with Crippen molar-refractivity contribution in [3.63, 3.8) is 0 Å². The lowest BCUT2D eigenvalue weighted by Gasteiger charge is -2.02. The summed E-state index contributed by atoms with van der Waals surface area (Å²) in [6.45, 7) is 0.813. The van der Waals surface area contributed by atoms with E-state index in [-0.39, 0.29) is 12.5 Å². The highest BCUT2D eigenvalue weighted by Crippen LogP contribution is 1.84. The van der Waals surface area contributed by atoms with Crippen LogP contribution >= 0.6 is 0 Å². The summed E-state index contributed by atoms with van der Waals surface area (Å²) in [7, 11) is 0. The summed E-state index contributed by atoms with van der Waals surface area (Å²) in [4.78, 5) is 11.2. The molecule has 0 radical (unpaired) electrons. The van der Waals surface area contributed by atoms with Crippen LogP contribution in [0.5, 0.6) is 0 Å². The van der Waals surface area contributed by atoms with E-state index in [1.54, 1.807) is 6.20 Å². The average Bonchev–Trinajstić information content (AvgIpc) is 2.65. The van der Waals surface area contributed by atoms with Crippen LogP contribution in [0.1, 0.15) is 12.8 Å². The molecule has 14 heavy (non-hydrogen) atoms. The van der Waals surface area contributed by atoms with E-state index in [0.717, 1.165) is 6.42 Å². The number of rotatable bonds is 5. The zero-order valence-electron chi connectivity index (χ0n) is 7.81. The van der Waals surface area contributed by atoms with Crippen LogP contribution in [0, 0.1) is 12.3 Å². The van der Waals surface area contributed by atoms with Crippen molar-refractivity contribution in [2.75, 3.05) is 6.54 Å². The Morgan fingerprint density at radius 3 is 3.14 bits per heavy atom. The van der Waals surface area contributed by atoms with Crippen molar-refractivity contribution in [2.24, 2.45) is 0 Å². The van der Waals surface area contributed by atoms with Gasteiger partial charge >= 0.3 is 0 Å². The Labute approximate surface area is 82.5 Å². The first-order valence-electron chi connectivity index (χ1n) is 4.37. The van der Waals surface area contributed by atoms with Crippen LogP contribution in [0.25, 0.3) is 0 Å². The monoisotopic (exact) mass is 192 g/mol. The first-order valence-corrected chi connectivity index (χ1v) is 4.37.